The van der Waals surface area contributed by atoms with Crippen LogP contribution in [0.4, 0.5) is 26.2 Å². The first-order valence-corrected chi connectivity index (χ1v) is 7.85. The highest BCUT2D eigenvalue weighted by Crippen LogP contribution is 2.23. The molecule has 1 N–H and O–H groups in total. The van der Waals surface area contributed by atoms with Crippen LogP contribution in [0.5, 0.6) is 0 Å². The van der Waals surface area contributed by atoms with Gasteiger partial charge < -0.3 is 10.2 Å². The second-order valence-corrected chi connectivity index (χ2v) is 5.76. The first kappa shape index (κ1) is 16.8. The Labute approximate surface area is 145 Å². The SMILES string of the molecule is Cc1cc(Nc2c(F)cccc2F)nc(N(C)Cc2ccccc2)n1. The summed E-state index contributed by atoms with van der Waals surface area (Å²) in [7, 11) is 1.87. The summed E-state index contributed by atoms with van der Waals surface area (Å²) in [4.78, 5) is 10.7. The maximum atomic E-state index is 13.8. The van der Waals surface area contributed by atoms with Crippen LogP contribution in [0.3, 0.4) is 0 Å². The molecule has 3 rings (SSSR count). The molecule has 0 bridgehead atoms. The normalized spacial score (nSPS) is 10.6. The lowest BCUT2D eigenvalue weighted by Gasteiger charge is -2.19. The molecule has 1 aromatic heterocycles. The Morgan fingerprint density at radius 2 is 1.64 bits per heavy atom. The molecule has 1 heterocycles. The lowest BCUT2D eigenvalue weighted by atomic mass is 10.2. The van der Waals surface area contributed by atoms with Gasteiger partial charge in [-0.2, -0.15) is 4.98 Å². The van der Waals surface area contributed by atoms with Crippen LogP contribution >= 0.6 is 0 Å². The van der Waals surface area contributed by atoms with E-state index >= 15 is 0 Å². The van der Waals surface area contributed by atoms with Gasteiger partial charge in [0, 0.05) is 25.4 Å². The van der Waals surface area contributed by atoms with E-state index in [9.17, 15) is 8.78 Å². The van der Waals surface area contributed by atoms with Crippen molar-refractivity contribution in [2.24, 2.45) is 0 Å². The number of nitrogens with zero attached hydrogens (tertiary/aromatic N) is 3. The second kappa shape index (κ2) is 7.25. The summed E-state index contributed by atoms with van der Waals surface area (Å²) in [5.74, 6) is -0.527. The van der Waals surface area contributed by atoms with Crippen molar-refractivity contribution >= 4 is 17.5 Å². The average molecular weight is 340 g/mol. The molecule has 2 aromatic carbocycles. The van der Waals surface area contributed by atoms with Crippen molar-refractivity contribution in [3.63, 3.8) is 0 Å². The molecule has 25 heavy (non-hydrogen) atoms. The number of aromatic nitrogens is 2. The largest absolute Gasteiger partial charge is 0.339 e. The smallest absolute Gasteiger partial charge is 0.227 e. The number of benzene rings is 2. The summed E-state index contributed by atoms with van der Waals surface area (Å²) < 4.78 is 27.7. The lowest BCUT2D eigenvalue weighted by Crippen LogP contribution is -2.20. The molecule has 3 aromatic rings. The van der Waals surface area contributed by atoms with E-state index in [-0.39, 0.29) is 5.69 Å². The first-order valence-electron chi connectivity index (χ1n) is 7.85. The van der Waals surface area contributed by atoms with E-state index in [1.807, 2.05) is 49.2 Å². The van der Waals surface area contributed by atoms with Crippen molar-refractivity contribution in [2.75, 3.05) is 17.3 Å². The fourth-order valence-corrected chi connectivity index (χ4v) is 2.46. The third-order valence-electron chi connectivity index (χ3n) is 3.66. The average Bonchev–Trinajstić information content (AvgIpc) is 2.59. The minimum atomic E-state index is -0.671. The van der Waals surface area contributed by atoms with Gasteiger partial charge in [0.05, 0.1) is 0 Å². The molecule has 6 heteroatoms. The Morgan fingerprint density at radius 1 is 0.960 bits per heavy atom. The number of rotatable bonds is 5. The molecule has 0 fully saturated rings. The Kier molecular flexibility index (Phi) is 4.88. The number of anilines is 3. The van der Waals surface area contributed by atoms with Gasteiger partial charge in [-0.3, -0.25) is 0 Å². The van der Waals surface area contributed by atoms with Crippen LogP contribution < -0.4 is 10.2 Å². The highest BCUT2D eigenvalue weighted by molar-refractivity contribution is 5.59. The minimum Gasteiger partial charge on any atom is -0.339 e. The van der Waals surface area contributed by atoms with Gasteiger partial charge in [0.2, 0.25) is 5.95 Å². The van der Waals surface area contributed by atoms with Crippen molar-refractivity contribution in [2.45, 2.75) is 13.5 Å². The van der Waals surface area contributed by atoms with Gasteiger partial charge in [0.1, 0.15) is 23.1 Å². The van der Waals surface area contributed by atoms with Gasteiger partial charge in [0.15, 0.2) is 0 Å². The number of para-hydroxylation sites is 1. The molecule has 128 valence electrons. The van der Waals surface area contributed by atoms with E-state index in [1.54, 1.807) is 6.07 Å². The van der Waals surface area contributed by atoms with Crippen LogP contribution in [0, 0.1) is 18.6 Å². The number of hydrogen-bond acceptors (Lipinski definition) is 4. The van der Waals surface area contributed by atoms with Crippen molar-refractivity contribution in [1.29, 1.82) is 0 Å². The van der Waals surface area contributed by atoms with Gasteiger partial charge >= 0.3 is 0 Å². The van der Waals surface area contributed by atoms with Crippen LogP contribution in [-0.2, 0) is 6.54 Å². The predicted molar refractivity (Wildman–Crippen MR) is 95.0 cm³/mol. The maximum absolute atomic E-state index is 13.8. The van der Waals surface area contributed by atoms with E-state index in [1.165, 1.54) is 18.2 Å². The molecule has 0 aliphatic carbocycles. The van der Waals surface area contributed by atoms with Gasteiger partial charge in [0.25, 0.3) is 0 Å². The Bertz CT molecular complexity index is 848. The van der Waals surface area contributed by atoms with Gasteiger partial charge in [-0.05, 0) is 24.6 Å². The topological polar surface area (TPSA) is 41.1 Å². The molecule has 4 nitrogen and oxygen atoms in total. The zero-order chi connectivity index (χ0) is 17.8. The van der Waals surface area contributed by atoms with Crippen molar-refractivity contribution < 1.29 is 8.78 Å². The molecule has 0 aliphatic heterocycles. The maximum Gasteiger partial charge on any atom is 0.227 e. The van der Waals surface area contributed by atoms with Crippen LogP contribution in [0.2, 0.25) is 0 Å². The summed E-state index contributed by atoms with van der Waals surface area (Å²) in [5.41, 5.74) is 1.59. The van der Waals surface area contributed by atoms with E-state index in [0.717, 1.165) is 5.56 Å². The molecular formula is C19H18F2N4. The summed E-state index contributed by atoms with van der Waals surface area (Å²) >= 11 is 0. The number of hydrogen-bond donors (Lipinski definition) is 1. The molecule has 0 saturated heterocycles. The summed E-state index contributed by atoms with van der Waals surface area (Å²) in [6, 6.07) is 15.3. The molecular weight excluding hydrogens is 322 g/mol. The number of aryl methyl sites for hydroxylation is 1. The second-order valence-electron chi connectivity index (χ2n) is 5.76. The zero-order valence-corrected chi connectivity index (χ0v) is 14.0. The summed E-state index contributed by atoms with van der Waals surface area (Å²) in [6.45, 7) is 2.43. The molecule has 0 unspecified atom stereocenters. The van der Waals surface area contributed by atoms with Crippen LogP contribution in [0.25, 0.3) is 0 Å². The van der Waals surface area contributed by atoms with Crippen molar-refractivity contribution in [1.82, 2.24) is 9.97 Å². The zero-order valence-electron chi connectivity index (χ0n) is 14.0. The predicted octanol–water partition coefficient (Wildman–Crippen LogP) is 4.44. The Hall–Kier alpha value is -3.02. The Balaban J connectivity index is 1.85. The minimum absolute atomic E-state index is 0.225. The van der Waals surface area contributed by atoms with Crippen molar-refractivity contribution in [3.05, 3.63) is 77.5 Å². The molecule has 0 amide bonds. The van der Waals surface area contributed by atoms with E-state index < -0.39 is 11.6 Å². The highest BCUT2D eigenvalue weighted by Gasteiger charge is 2.12. The molecule has 0 saturated carbocycles. The number of nitrogens with one attached hydrogen (secondary N) is 1. The summed E-state index contributed by atoms with van der Waals surface area (Å²) in [5, 5.41) is 2.71. The monoisotopic (exact) mass is 340 g/mol. The summed E-state index contributed by atoms with van der Waals surface area (Å²) in [6.07, 6.45) is 0. The molecule has 0 atom stereocenters. The first-order chi connectivity index (χ1) is 12.0. The third kappa shape index (κ3) is 4.09. The van der Waals surface area contributed by atoms with E-state index in [4.69, 9.17) is 0 Å². The van der Waals surface area contributed by atoms with Crippen LogP contribution in [-0.4, -0.2) is 17.0 Å². The highest BCUT2D eigenvalue weighted by atomic mass is 19.1. The van der Waals surface area contributed by atoms with Gasteiger partial charge in [-0.1, -0.05) is 36.4 Å². The standard InChI is InChI=1S/C19H18F2N4/c1-13-11-17(23-18-15(20)9-6-10-16(18)21)24-19(22-13)25(2)12-14-7-4-3-5-8-14/h3-11H,12H2,1-2H3,(H,22,23,24). The van der Waals surface area contributed by atoms with Gasteiger partial charge in [-0.25, -0.2) is 13.8 Å². The Morgan fingerprint density at radius 3 is 2.32 bits per heavy atom. The van der Waals surface area contributed by atoms with Gasteiger partial charge in [-0.15, -0.1) is 0 Å². The third-order valence-corrected chi connectivity index (χ3v) is 3.66. The molecule has 0 radical (unpaired) electrons. The fourth-order valence-electron chi connectivity index (χ4n) is 2.46. The van der Waals surface area contributed by atoms with Crippen LogP contribution in [0.1, 0.15) is 11.3 Å². The fraction of sp³-hybridized carbons (Fsp3) is 0.158. The van der Waals surface area contributed by atoms with Crippen molar-refractivity contribution in [3.8, 4) is 0 Å². The van der Waals surface area contributed by atoms with E-state index in [0.29, 0.717) is 24.0 Å². The lowest BCUT2D eigenvalue weighted by molar-refractivity contribution is 0.590. The molecule has 0 aliphatic rings. The quantitative estimate of drug-likeness (QED) is 0.745. The number of halogens is 2. The molecule has 0 spiro atoms. The van der Waals surface area contributed by atoms with E-state index in [2.05, 4.69) is 15.3 Å². The van der Waals surface area contributed by atoms with Crippen LogP contribution in [0.15, 0.2) is 54.6 Å².